The van der Waals surface area contributed by atoms with Crippen molar-refractivity contribution >= 4 is 11.6 Å². The Morgan fingerprint density at radius 1 is 1.26 bits per heavy atom. The van der Waals surface area contributed by atoms with Gasteiger partial charge in [-0.2, -0.15) is 0 Å². The summed E-state index contributed by atoms with van der Waals surface area (Å²) in [7, 11) is 0. The molecular formula is C14H15FN2O2. The summed E-state index contributed by atoms with van der Waals surface area (Å²) in [5.74, 6) is -0.521. The van der Waals surface area contributed by atoms with Gasteiger partial charge >= 0.3 is 0 Å². The number of anilines is 1. The van der Waals surface area contributed by atoms with E-state index < -0.39 is 0 Å². The smallest absolute Gasteiger partial charge is 0.261 e. The zero-order chi connectivity index (χ0) is 13.7. The number of hydrogen-bond donors (Lipinski definition) is 1. The van der Waals surface area contributed by atoms with Crippen LogP contribution in [-0.4, -0.2) is 19.0 Å². The fourth-order valence-electron chi connectivity index (χ4n) is 1.76. The molecule has 0 spiro atoms. The van der Waals surface area contributed by atoms with E-state index >= 15 is 0 Å². The van der Waals surface area contributed by atoms with Gasteiger partial charge in [-0.3, -0.25) is 4.79 Å². The number of hydrogen-bond acceptors (Lipinski definition) is 3. The van der Waals surface area contributed by atoms with Crippen LogP contribution in [0.3, 0.4) is 0 Å². The maximum atomic E-state index is 12.9. The van der Waals surface area contributed by atoms with Crippen LogP contribution in [0, 0.1) is 5.82 Å². The summed E-state index contributed by atoms with van der Waals surface area (Å²) in [5.41, 5.74) is 6.58. The van der Waals surface area contributed by atoms with Crippen molar-refractivity contribution in [1.82, 2.24) is 0 Å². The number of halogens is 1. The molecule has 0 bridgehead atoms. The first-order chi connectivity index (χ1) is 9.22. The van der Waals surface area contributed by atoms with E-state index in [-0.39, 0.29) is 11.7 Å². The Balaban J connectivity index is 2.25. The summed E-state index contributed by atoms with van der Waals surface area (Å²) < 4.78 is 17.9. The molecule has 5 heteroatoms. The van der Waals surface area contributed by atoms with Crippen molar-refractivity contribution in [3.8, 4) is 0 Å². The molecule has 1 aromatic heterocycles. The molecule has 4 nitrogen and oxygen atoms in total. The van der Waals surface area contributed by atoms with E-state index in [9.17, 15) is 9.18 Å². The fourth-order valence-corrected chi connectivity index (χ4v) is 1.76. The molecule has 0 radical (unpaired) electrons. The molecular weight excluding hydrogens is 247 g/mol. The maximum absolute atomic E-state index is 12.9. The molecule has 1 aromatic carbocycles. The predicted octanol–water partition coefficient (Wildman–Crippen LogP) is 2.41. The number of amides is 1. The van der Waals surface area contributed by atoms with E-state index in [1.165, 1.54) is 24.7 Å². The molecule has 1 amide bonds. The van der Waals surface area contributed by atoms with Gasteiger partial charge in [0, 0.05) is 12.2 Å². The van der Waals surface area contributed by atoms with Gasteiger partial charge in [0.05, 0.1) is 11.8 Å². The number of nitrogens with zero attached hydrogens (tertiary/aromatic N) is 1. The average Bonchev–Trinajstić information content (AvgIpc) is 2.95. The number of rotatable bonds is 5. The second-order valence-corrected chi connectivity index (χ2v) is 4.09. The van der Waals surface area contributed by atoms with Crippen LogP contribution < -0.4 is 10.6 Å². The van der Waals surface area contributed by atoms with Crippen molar-refractivity contribution in [2.24, 2.45) is 5.73 Å². The third kappa shape index (κ3) is 3.20. The van der Waals surface area contributed by atoms with Crippen LogP contribution >= 0.6 is 0 Å². The van der Waals surface area contributed by atoms with E-state index in [0.717, 1.165) is 0 Å². The number of carbonyl (C=O) groups is 1. The second kappa shape index (κ2) is 6.15. The molecule has 0 aliphatic rings. The maximum Gasteiger partial charge on any atom is 0.261 e. The van der Waals surface area contributed by atoms with Crippen molar-refractivity contribution < 1.29 is 13.6 Å². The minimum atomic E-state index is -0.335. The Morgan fingerprint density at radius 2 is 2.00 bits per heavy atom. The third-order valence-electron chi connectivity index (χ3n) is 2.74. The summed E-state index contributed by atoms with van der Waals surface area (Å²) in [6.07, 6.45) is 3.50. The normalized spacial score (nSPS) is 10.4. The van der Waals surface area contributed by atoms with E-state index in [4.69, 9.17) is 10.2 Å². The minimum Gasteiger partial charge on any atom is -0.472 e. The van der Waals surface area contributed by atoms with Gasteiger partial charge in [-0.05, 0) is 43.3 Å². The average molecular weight is 262 g/mol. The number of nitrogens with two attached hydrogens (primary N) is 1. The highest BCUT2D eigenvalue weighted by molar-refractivity contribution is 6.05. The molecule has 100 valence electrons. The van der Waals surface area contributed by atoms with E-state index in [2.05, 4.69) is 0 Å². The van der Waals surface area contributed by atoms with Gasteiger partial charge in [0.1, 0.15) is 12.1 Å². The lowest BCUT2D eigenvalue weighted by molar-refractivity contribution is 0.0986. The standard InChI is InChI=1S/C14H15FN2O2/c15-12-2-4-13(5-3-12)17(8-1-7-16)14(18)11-6-9-19-10-11/h2-6,9-10H,1,7-8,16H2. The molecule has 19 heavy (non-hydrogen) atoms. The van der Waals surface area contributed by atoms with Gasteiger partial charge in [-0.25, -0.2) is 4.39 Å². The third-order valence-corrected chi connectivity index (χ3v) is 2.74. The Hall–Kier alpha value is -2.14. The highest BCUT2D eigenvalue weighted by Crippen LogP contribution is 2.18. The van der Waals surface area contributed by atoms with Crippen molar-refractivity contribution in [3.05, 3.63) is 54.2 Å². The lowest BCUT2D eigenvalue weighted by atomic mass is 10.2. The molecule has 2 aromatic rings. The van der Waals surface area contributed by atoms with Gasteiger partial charge in [-0.15, -0.1) is 0 Å². The molecule has 0 aliphatic heterocycles. The van der Waals surface area contributed by atoms with Crippen LogP contribution in [0.5, 0.6) is 0 Å². The van der Waals surface area contributed by atoms with E-state index in [1.807, 2.05) is 0 Å². The molecule has 1 heterocycles. The zero-order valence-corrected chi connectivity index (χ0v) is 10.4. The number of benzene rings is 1. The quantitative estimate of drug-likeness (QED) is 0.900. The monoisotopic (exact) mass is 262 g/mol. The summed E-state index contributed by atoms with van der Waals surface area (Å²) >= 11 is 0. The molecule has 0 fully saturated rings. The Labute approximate surface area is 110 Å². The number of carbonyl (C=O) groups excluding carboxylic acids is 1. The van der Waals surface area contributed by atoms with Crippen LogP contribution in [0.25, 0.3) is 0 Å². The summed E-state index contributed by atoms with van der Waals surface area (Å²) in [6.45, 7) is 0.961. The van der Waals surface area contributed by atoms with Crippen molar-refractivity contribution in [2.45, 2.75) is 6.42 Å². The molecule has 2 N–H and O–H groups in total. The van der Waals surface area contributed by atoms with E-state index in [0.29, 0.717) is 30.8 Å². The molecule has 0 atom stereocenters. The Kier molecular flexibility index (Phi) is 4.30. The van der Waals surface area contributed by atoms with Crippen LogP contribution in [0.2, 0.25) is 0 Å². The predicted molar refractivity (Wildman–Crippen MR) is 70.5 cm³/mol. The summed E-state index contributed by atoms with van der Waals surface area (Å²) in [4.78, 5) is 13.9. The number of furan rings is 1. The van der Waals surface area contributed by atoms with Crippen molar-refractivity contribution in [3.63, 3.8) is 0 Å². The van der Waals surface area contributed by atoms with Crippen molar-refractivity contribution in [2.75, 3.05) is 18.0 Å². The van der Waals surface area contributed by atoms with Crippen molar-refractivity contribution in [1.29, 1.82) is 0 Å². The SMILES string of the molecule is NCCCN(C(=O)c1ccoc1)c1ccc(F)cc1. The summed E-state index contributed by atoms with van der Waals surface area (Å²) in [5, 5.41) is 0. The lowest BCUT2D eigenvalue weighted by Gasteiger charge is -2.22. The van der Waals surface area contributed by atoms with Crippen LogP contribution in [0.4, 0.5) is 10.1 Å². The largest absolute Gasteiger partial charge is 0.472 e. The van der Waals surface area contributed by atoms with Gasteiger partial charge in [0.2, 0.25) is 0 Å². The van der Waals surface area contributed by atoms with Crippen LogP contribution in [0.1, 0.15) is 16.8 Å². The van der Waals surface area contributed by atoms with Crippen LogP contribution in [-0.2, 0) is 0 Å². The minimum absolute atomic E-state index is 0.186. The first kappa shape index (κ1) is 13.3. The highest BCUT2D eigenvalue weighted by Gasteiger charge is 2.18. The topological polar surface area (TPSA) is 59.5 Å². The lowest BCUT2D eigenvalue weighted by Crippen LogP contribution is -2.32. The van der Waals surface area contributed by atoms with Gasteiger partial charge in [-0.1, -0.05) is 0 Å². The van der Waals surface area contributed by atoms with Gasteiger partial charge < -0.3 is 15.1 Å². The molecule has 0 aliphatic carbocycles. The zero-order valence-electron chi connectivity index (χ0n) is 10.4. The first-order valence-electron chi connectivity index (χ1n) is 6.02. The first-order valence-corrected chi connectivity index (χ1v) is 6.02. The van der Waals surface area contributed by atoms with Gasteiger partial charge in [0.15, 0.2) is 0 Å². The highest BCUT2D eigenvalue weighted by atomic mass is 19.1. The van der Waals surface area contributed by atoms with E-state index in [1.54, 1.807) is 23.1 Å². The molecule has 2 rings (SSSR count). The Morgan fingerprint density at radius 3 is 2.58 bits per heavy atom. The summed E-state index contributed by atoms with van der Waals surface area (Å²) in [6, 6.07) is 7.40. The Bertz CT molecular complexity index is 523. The molecule has 0 saturated heterocycles. The van der Waals surface area contributed by atoms with Crippen LogP contribution in [0.15, 0.2) is 47.3 Å². The molecule has 0 saturated carbocycles. The second-order valence-electron chi connectivity index (χ2n) is 4.09. The molecule has 0 unspecified atom stereocenters. The fraction of sp³-hybridized carbons (Fsp3) is 0.214. The van der Waals surface area contributed by atoms with Gasteiger partial charge in [0.25, 0.3) is 5.91 Å².